The van der Waals surface area contributed by atoms with Gasteiger partial charge in [-0.3, -0.25) is 4.79 Å². The first-order chi connectivity index (χ1) is 17.0. The van der Waals surface area contributed by atoms with Gasteiger partial charge in [0.1, 0.15) is 5.75 Å². The van der Waals surface area contributed by atoms with E-state index in [2.05, 4.69) is 6.92 Å². The van der Waals surface area contributed by atoms with Gasteiger partial charge in [0, 0.05) is 28.6 Å². The van der Waals surface area contributed by atoms with E-state index in [-0.39, 0.29) is 5.75 Å². The Morgan fingerprint density at radius 1 is 0.649 bits per heavy atom. The number of carbonyl (C=O) groups is 1. The molecule has 0 saturated heterocycles. The van der Waals surface area contributed by atoms with Gasteiger partial charge >= 0.3 is 5.97 Å². The molecule has 1 aromatic carbocycles. The zero-order valence-electron chi connectivity index (χ0n) is 25.1. The molecule has 0 aromatic heterocycles. The third-order valence-corrected chi connectivity index (χ3v) is 6.66. The summed E-state index contributed by atoms with van der Waals surface area (Å²) in [5, 5.41) is 18.7. The van der Waals surface area contributed by atoms with E-state index < -0.39 is 22.6 Å². The van der Waals surface area contributed by atoms with Gasteiger partial charge in [0.15, 0.2) is 0 Å². The van der Waals surface area contributed by atoms with Crippen molar-refractivity contribution in [1.29, 1.82) is 0 Å². The molecule has 0 unspecified atom stereocenters. The third-order valence-electron chi connectivity index (χ3n) is 6.66. The highest BCUT2D eigenvalue weighted by molar-refractivity contribution is 5.66. The second kappa shape index (κ2) is 17.1. The number of unbranched alkanes of at least 4 members (excludes halogenated alkanes) is 12. The molecule has 1 aromatic rings. The Kier molecular flexibility index (Phi) is 16.3. The Morgan fingerprint density at radius 3 is 1.35 bits per heavy atom. The minimum absolute atomic E-state index is 0.161. The summed E-state index contributed by atoms with van der Waals surface area (Å²) in [5.41, 5.74) is 19.3. The average molecular weight is 522 g/mol. The molecule has 6 heteroatoms. The zero-order chi connectivity index (χ0) is 28.7. The summed E-state index contributed by atoms with van der Waals surface area (Å²) in [6.07, 6.45) is 17.3. The number of phenolic OH excluding ortho intramolecular Hbond substituents is 1. The number of hydrogen-bond acceptors (Lipinski definition) is 5. The van der Waals surface area contributed by atoms with Crippen LogP contribution in [0.1, 0.15) is 155 Å². The molecule has 0 aliphatic carbocycles. The number of rotatable bonds is 17. The standard InChI is InChI=1S/C16H32O2.C15H27N3O/c1-2-3-4-5-6-7-8-9-10-11-12-13-14-15-16(17)18;1-13(2,16)9-7-8-10(19)12(15(5,6)18)11(9)14(3,4)17/h2-15H2,1H3,(H,17,18);7-8,19H,16-18H2,1-6H3. The van der Waals surface area contributed by atoms with Gasteiger partial charge in [0.25, 0.3) is 0 Å². The maximum absolute atomic E-state index is 10.3. The van der Waals surface area contributed by atoms with Crippen LogP contribution in [0, 0.1) is 0 Å². The molecule has 8 N–H and O–H groups in total. The summed E-state index contributed by atoms with van der Waals surface area (Å²) in [5.74, 6) is -0.493. The maximum atomic E-state index is 10.3. The van der Waals surface area contributed by atoms with E-state index >= 15 is 0 Å². The molecular formula is C31H59N3O3. The Morgan fingerprint density at radius 2 is 1.03 bits per heavy atom. The van der Waals surface area contributed by atoms with Crippen LogP contribution >= 0.6 is 0 Å². The quantitative estimate of drug-likeness (QED) is 0.134. The van der Waals surface area contributed by atoms with Gasteiger partial charge in [0.05, 0.1) is 0 Å². The van der Waals surface area contributed by atoms with E-state index in [0.29, 0.717) is 12.0 Å². The van der Waals surface area contributed by atoms with Crippen LogP contribution in [0.2, 0.25) is 0 Å². The molecule has 1 rings (SSSR count). The summed E-state index contributed by atoms with van der Waals surface area (Å²) in [6.45, 7) is 13.6. The smallest absolute Gasteiger partial charge is 0.303 e. The lowest BCUT2D eigenvalue weighted by atomic mass is 9.75. The highest BCUT2D eigenvalue weighted by Crippen LogP contribution is 2.40. The second-order valence-corrected chi connectivity index (χ2v) is 12.4. The molecular weight excluding hydrogens is 462 g/mol. The number of carboxylic acid groups (broad SMARTS) is 1. The fourth-order valence-electron chi connectivity index (χ4n) is 4.74. The van der Waals surface area contributed by atoms with Crippen LogP contribution in [0.4, 0.5) is 0 Å². The van der Waals surface area contributed by atoms with Gasteiger partial charge in [-0.1, -0.05) is 90.0 Å². The van der Waals surface area contributed by atoms with Gasteiger partial charge in [-0.25, -0.2) is 0 Å². The lowest BCUT2D eigenvalue weighted by Crippen LogP contribution is -2.41. The first-order valence-electron chi connectivity index (χ1n) is 14.5. The highest BCUT2D eigenvalue weighted by Gasteiger charge is 2.34. The number of aliphatic carboxylic acids is 1. The molecule has 0 amide bonds. The van der Waals surface area contributed by atoms with Crippen LogP contribution in [0.3, 0.4) is 0 Å². The third kappa shape index (κ3) is 15.4. The molecule has 0 aliphatic heterocycles. The number of aromatic hydroxyl groups is 1. The monoisotopic (exact) mass is 521 g/mol. The van der Waals surface area contributed by atoms with E-state index in [9.17, 15) is 9.90 Å². The first kappa shape index (κ1) is 35.4. The maximum Gasteiger partial charge on any atom is 0.303 e. The molecule has 37 heavy (non-hydrogen) atoms. The van der Waals surface area contributed by atoms with Crippen molar-refractivity contribution in [3.05, 3.63) is 28.8 Å². The van der Waals surface area contributed by atoms with Crippen molar-refractivity contribution in [2.75, 3.05) is 0 Å². The first-order valence-corrected chi connectivity index (χ1v) is 14.5. The van der Waals surface area contributed by atoms with Crippen LogP contribution < -0.4 is 17.2 Å². The molecule has 216 valence electrons. The highest BCUT2D eigenvalue weighted by atomic mass is 16.4. The largest absolute Gasteiger partial charge is 0.508 e. The van der Waals surface area contributed by atoms with E-state index in [1.54, 1.807) is 6.07 Å². The second-order valence-electron chi connectivity index (χ2n) is 12.4. The Labute approximate surface area is 227 Å². The van der Waals surface area contributed by atoms with E-state index in [1.807, 2.05) is 47.6 Å². The summed E-state index contributed by atoms with van der Waals surface area (Å²) < 4.78 is 0. The van der Waals surface area contributed by atoms with Crippen molar-refractivity contribution in [3.8, 4) is 5.75 Å². The molecule has 0 fully saturated rings. The van der Waals surface area contributed by atoms with Crippen LogP contribution in [-0.2, 0) is 21.4 Å². The van der Waals surface area contributed by atoms with Crippen molar-refractivity contribution in [1.82, 2.24) is 0 Å². The number of hydrogen-bond donors (Lipinski definition) is 5. The normalized spacial score (nSPS) is 12.3. The fourth-order valence-corrected chi connectivity index (χ4v) is 4.74. The van der Waals surface area contributed by atoms with Gasteiger partial charge in [0.2, 0.25) is 0 Å². The lowest BCUT2D eigenvalue weighted by Gasteiger charge is -2.36. The Bertz CT molecular complexity index is 772. The fraction of sp³-hybridized carbons (Fsp3) is 0.774. The van der Waals surface area contributed by atoms with Crippen molar-refractivity contribution in [2.24, 2.45) is 17.2 Å². The SMILES string of the molecule is CC(C)(N)c1ccc(O)c(C(C)(C)N)c1C(C)(C)N.CCCCCCCCCCCCCCCC(=O)O. The van der Waals surface area contributed by atoms with Crippen LogP contribution in [0.15, 0.2) is 12.1 Å². The van der Waals surface area contributed by atoms with Crippen molar-refractivity contribution >= 4 is 5.97 Å². The van der Waals surface area contributed by atoms with Crippen LogP contribution in [0.5, 0.6) is 5.75 Å². The minimum atomic E-state index is -0.697. The molecule has 0 aliphatic rings. The molecule has 0 radical (unpaired) electrons. The molecule has 0 saturated carbocycles. The number of phenols is 1. The Balaban J connectivity index is 0.000000702. The Hall–Kier alpha value is -1.63. The van der Waals surface area contributed by atoms with Gasteiger partial charge < -0.3 is 27.4 Å². The van der Waals surface area contributed by atoms with Crippen molar-refractivity contribution in [2.45, 2.75) is 155 Å². The van der Waals surface area contributed by atoms with Crippen molar-refractivity contribution < 1.29 is 15.0 Å². The van der Waals surface area contributed by atoms with E-state index in [0.717, 1.165) is 24.0 Å². The predicted molar refractivity (Wildman–Crippen MR) is 158 cm³/mol. The molecule has 0 atom stereocenters. The number of nitrogens with two attached hydrogens (primary N) is 3. The molecule has 6 nitrogen and oxygen atoms in total. The summed E-state index contributed by atoms with van der Waals surface area (Å²) in [4.78, 5) is 10.3. The van der Waals surface area contributed by atoms with Crippen LogP contribution in [0.25, 0.3) is 0 Å². The van der Waals surface area contributed by atoms with E-state index in [4.69, 9.17) is 22.3 Å². The number of benzene rings is 1. The zero-order valence-corrected chi connectivity index (χ0v) is 25.1. The predicted octanol–water partition coefficient (Wildman–Crippen LogP) is 7.53. The number of carboxylic acids is 1. The van der Waals surface area contributed by atoms with Gasteiger partial charge in [-0.05, 0) is 65.2 Å². The molecule has 0 heterocycles. The minimum Gasteiger partial charge on any atom is -0.508 e. The topological polar surface area (TPSA) is 136 Å². The summed E-state index contributed by atoms with van der Waals surface area (Å²) in [7, 11) is 0. The van der Waals surface area contributed by atoms with Gasteiger partial charge in [-0.15, -0.1) is 0 Å². The van der Waals surface area contributed by atoms with Gasteiger partial charge in [-0.2, -0.15) is 0 Å². The van der Waals surface area contributed by atoms with E-state index in [1.165, 1.54) is 70.6 Å². The summed E-state index contributed by atoms with van der Waals surface area (Å²) in [6, 6.07) is 3.47. The van der Waals surface area contributed by atoms with Crippen molar-refractivity contribution in [3.63, 3.8) is 0 Å². The summed E-state index contributed by atoms with van der Waals surface area (Å²) >= 11 is 0. The molecule has 0 bridgehead atoms. The van der Waals surface area contributed by atoms with Crippen LogP contribution in [-0.4, -0.2) is 16.2 Å². The molecule has 0 spiro atoms. The average Bonchev–Trinajstić information content (AvgIpc) is 2.74. The lowest BCUT2D eigenvalue weighted by molar-refractivity contribution is -0.137.